The van der Waals surface area contributed by atoms with Gasteiger partial charge in [-0.1, -0.05) is 19.8 Å². The summed E-state index contributed by atoms with van der Waals surface area (Å²) in [5.41, 5.74) is 7.95. The summed E-state index contributed by atoms with van der Waals surface area (Å²) in [5, 5.41) is 8.48. The summed E-state index contributed by atoms with van der Waals surface area (Å²) in [6.45, 7) is 6.63. The molecule has 6 nitrogen and oxygen atoms in total. The molecule has 0 saturated heterocycles. The lowest BCUT2D eigenvalue weighted by molar-refractivity contribution is 0.0904. The summed E-state index contributed by atoms with van der Waals surface area (Å²) < 4.78 is 1.91. The van der Waals surface area contributed by atoms with Gasteiger partial charge >= 0.3 is 0 Å². The van der Waals surface area contributed by atoms with Crippen LogP contribution in [0.5, 0.6) is 0 Å². The molecule has 3 rings (SSSR count). The molecule has 1 saturated carbocycles. The molecular formula is C18H29Cl2N5O. The van der Waals surface area contributed by atoms with Gasteiger partial charge < -0.3 is 11.1 Å². The van der Waals surface area contributed by atoms with Crippen molar-refractivity contribution in [1.82, 2.24) is 20.1 Å². The number of nitrogens with zero attached hydrogens (tertiary/aromatic N) is 3. The molecule has 1 aliphatic rings. The van der Waals surface area contributed by atoms with Crippen molar-refractivity contribution in [2.75, 3.05) is 6.54 Å². The summed E-state index contributed by atoms with van der Waals surface area (Å²) in [6.07, 6.45) is 6.86. The van der Waals surface area contributed by atoms with Crippen molar-refractivity contribution in [3.8, 4) is 0 Å². The van der Waals surface area contributed by atoms with Gasteiger partial charge in [0.25, 0.3) is 5.91 Å². The van der Waals surface area contributed by atoms with Crippen LogP contribution in [0, 0.1) is 6.92 Å². The molecule has 2 heterocycles. The molecule has 2 aromatic heterocycles. The molecule has 8 heteroatoms. The number of rotatable bonds is 5. The fourth-order valence-electron chi connectivity index (χ4n) is 3.57. The molecule has 0 bridgehead atoms. The van der Waals surface area contributed by atoms with E-state index in [9.17, 15) is 4.79 Å². The molecule has 146 valence electrons. The highest BCUT2D eigenvalue weighted by Crippen LogP contribution is 2.30. The fourth-order valence-corrected chi connectivity index (χ4v) is 3.57. The van der Waals surface area contributed by atoms with E-state index in [-0.39, 0.29) is 42.3 Å². The normalized spacial score (nSPS) is 16.6. The average Bonchev–Trinajstić information content (AvgIpc) is 3.20. The van der Waals surface area contributed by atoms with E-state index in [0.29, 0.717) is 12.1 Å². The van der Waals surface area contributed by atoms with E-state index < -0.39 is 0 Å². The summed E-state index contributed by atoms with van der Waals surface area (Å²) in [7, 11) is 0. The maximum Gasteiger partial charge on any atom is 0.252 e. The summed E-state index contributed by atoms with van der Waals surface area (Å²) in [5.74, 6) is -0.0680. The molecule has 0 radical (unpaired) electrons. The van der Waals surface area contributed by atoms with E-state index in [1.54, 1.807) is 6.20 Å². The first kappa shape index (κ1) is 22.7. The van der Waals surface area contributed by atoms with Crippen molar-refractivity contribution in [3.05, 3.63) is 23.5 Å². The number of pyridine rings is 1. The molecule has 0 aromatic carbocycles. The second-order valence-electron chi connectivity index (χ2n) is 7.04. The van der Waals surface area contributed by atoms with Crippen molar-refractivity contribution >= 4 is 41.8 Å². The number of fused-ring (bicyclic) bond motifs is 1. The van der Waals surface area contributed by atoms with Crippen LogP contribution in [-0.4, -0.2) is 32.8 Å². The van der Waals surface area contributed by atoms with Crippen LogP contribution in [0.1, 0.15) is 68.0 Å². The van der Waals surface area contributed by atoms with Crippen LogP contribution in [-0.2, 0) is 0 Å². The predicted octanol–water partition coefficient (Wildman–Crippen LogP) is 3.56. The topological polar surface area (TPSA) is 85.8 Å². The van der Waals surface area contributed by atoms with E-state index in [2.05, 4.69) is 29.2 Å². The minimum atomic E-state index is -0.257. The number of nitrogens with one attached hydrogen (secondary N) is 1. The Morgan fingerprint density at radius 3 is 2.62 bits per heavy atom. The number of carbonyl (C=O) groups excluding carboxylic acids is 1. The number of nitrogens with two attached hydrogens (primary N) is 1. The Hall–Kier alpha value is -1.37. The third kappa shape index (κ3) is 4.13. The Labute approximate surface area is 167 Å². The van der Waals surface area contributed by atoms with Gasteiger partial charge in [0.15, 0.2) is 5.65 Å². The van der Waals surface area contributed by atoms with Crippen molar-refractivity contribution in [2.45, 2.75) is 64.5 Å². The monoisotopic (exact) mass is 401 g/mol. The van der Waals surface area contributed by atoms with Gasteiger partial charge in [-0.25, -0.2) is 9.67 Å². The molecule has 1 fully saturated rings. The molecule has 1 unspecified atom stereocenters. The molecular weight excluding hydrogens is 373 g/mol. The van der Waals surface area contributed by atoms with Gasteiger partial charge in [-0.2, -0.15) is 5.10 Å². The first-order valence-electron chi connectivity index (χ1n) is 8.87. The number of halogens is 2. The number of hydrogen-bond acceptors (Lipinski definition) is 4. The number of aryl methyl sites for hydroxylation is 1. The standard InChI is InChI=1S/C18H27N5O.2ClH/c1-4-13(3)23-16-15(10-20-23)14(9-12(2)21-16)17(24)22-18(11-19)7-5-6-8-18;;/h9-10,13H,4-8,11,19H2,1-3H3,(H,22,24);2*1H. The first-order valence-corrected chi connectivity index (χ1v) is 8.87. The Bertz CT molecular complexity index is 755. The minimum absolute atomic E-state index is 0. The molecule has 1 atom stereocenters. The smallest absolute Gasteiger partial charge is 0.252 e. The average molecular weight is 402 g/mol. The van der Waals surface area contributed by atoms with E-state index in [1.165, 1.54) is 0 Å². The van der Waals surface area contributed by atoms with Gasteiger partial charge in [0.05, 0.1) is 28.7 Å². The first-order chi connectivity index (χ1) is 11.5. The molecule has 2 aromatic rings. The van der Waals surface area contributed by atoms with Gasteiger partial charge in [-0.3, -0.25) is 4.79 Å². The number of amides is 1. The largest absolute Gasteiger partial charge is 0.345 e. The molecule has 0 spiro atoms. The van der Waals surface area contributed by atoms with Crippen LogP contribution >= 0.6 is 24.8 Å². The Morgan fingerprint density at radius 1 is 1.38 bits per heavy atom. The van der Waals surface area contributed by atoms with E-state index >= 15 is 0 Å². The third-order valence-corrected chi connectivity index (χ3v) is 5.28. The van der Waals surface area contributed by atoms with Gasteiger partial charge in [0, 0.05) is 12.2 Å². The van der Waals surface area contributed by atoms with Gasteiger partial charge in [-0.15, -0.1) is 24.8 Å². The predicted molar refractivity (Wildman–Crippen MR) is 109 cm³/mol. The highest BCUT2D eigenvalue weighted by atomic mass is 35.5. The number of aromatic nitrogens is 3. The lowest BCUT2D eigenvalue weighted by Gasteiger charge is -2.28. The van der Waals surface area contributed by atoms with E-state index in [0.717, 1.165) is 48.8 Å². The van der Waals surface area contributed by atoms with Crippen molar-refractivity contribution in [1.29, 1.82) is 0 Å². The maximum absolute atomic E-state index is 12.9. The third-order valence-electron chi connectivity index (χ3n) is 5.28. The highest BCUT2D eigenvalue weighted by Gasteiger charge is 2.34. The molecule has 1 amide bonds. The van der Waals surface area contributed by atoms with Crippen molar-refractivity contribution in [3.63, 3.8) is 0 Å². The van der Waals surface area contributed by atoms with Crippen LogP contribution in [0.4, 0.5) is 0 Å². The van der Waals surface area contributed by atoms with Crippen LogP contribution < -0.4 is 11.1 Å². The molecule has 1 aliphatic carbocycles. The highest BCUT2D eigenvalue weighted by molar-refractivity contribution is 6.05. The minimum Gasteiger partial charge on any atom is -0.345 e. The summed E-state index contributed by atoms with van der Waals surface area (Å²) in [4.78, 5) is 17.6. The Balaban J connectivity index is 0.00000169. The maximum atomic E-state index is 12.9. The Kier molecular flexibility index (Phi) is 7.86. The molecule has 0 aliphatic heterocycles. The number of hydrogen-bond donors (Lipinski definition) is 2. The second kappa shape index (κ2) is 9.02. The zero-order chi connectivity index (χ0) is 17.3. The second-order valence-corrected chi connectivity index (χ2v) is 7.04. The van der Waals surface area contributed by atoms with E-state index in [4.69, 9.17) is 5.73 Å². The fraction of sp³-hybridized carbons (Fsp3) is 0.611. The quantitative estimate of drug-likeness (QED) is 0.801. The van der Waals surface area contributed by atoms with Gasteiger partial charge in [0.1, 0.15) is 0 Å². The lowest BCUT2D eigenvalue weighted by Crippen LogP contribution is -2.51. The van der Waals surface area contributed by atoms with Crippen molar-refractivity contribution < 1.29 is 4.79 Å². The van der Waals surface area contributed by atoms with Crippen LogP contribution in [0.25, 0.3) is 11.0 Å². The SMILES string of the molecule is CCC(C)n1ncc2c(C(=O)NC3(CN)CCCC3)cc(C)nc21.Cl.Cl. The summed E-state index contributed by atoms with van der Waals surface area (Å²) >= 11 is 0. The van der Waals surface area contributed by atoms with Crippen LogP contribution in [0.15, 0.2) is 12.3 Å². The van der Waals surface area contributed by atoms with E-state index in [1.807, 2.05) is 17.7 Å². The number of carbonyl (C=O) groups is 1. The Morgan fingerprint density at radius 2 is 2.04 bits per heavy atom. The lowest BCUT2D eigenvalue weighted by atomic mass is 9.97. The van der Waals surface area contributed by atoms with Gasteiger partial charge in [-0.05, 0) is 39.2 Å². The van der Waals surface area contributed by atoms with Gasteiger partial charge in [0.2, 0.25) is 0 Å². The molecule has 26 heavy (non-hydrogen) atoms. The van der Waals surface area contributed by atoms with Crippen LogP contribution in [0.3, 0.4) is 0 Å². The summed E-state index contributed by atoms with van der Waals surface area (Å²) in [6, 6.07) is 2.09. The molecule has 3 N–H and O–H groups in total. The zero-order valence-corrected chi connectivity index (χ0v) is 17.3. The van der Waals surface area contributed by atoms with Crippen molar-refractivity contribution in [2.24, 2.45) is 5.73 Å². The van der Waals surface area contributed by atoms with Crippen LogP contribution in [0.2, 0.25) is 0 Å². The zero-order valence-electron chi connectivity index (χ0n) is 15.6.